The highest BCUT2D eigenvalue weighted by atomic mass is 16.5. The summed E-state index contributed by atoms with van der Waals surface area (Å²) in [5.74, 6) is 0.361. The molecule has 2 heterocycles. The Kier molecular flexibility index (Phi) is 3.64. The van der Waals surface area contributed by atoms with Crippen molar-refractivity contribution in [2.24, 2.45) is 5.92 Å². The predicted molar refractivity (Wildman–Crippen MR) is 65.8 cm³/mol. The number of ether oxygens (including phenoxy) is 1. The highest BCUT2D eigenvalue weighted by Crippen LogP contribution is 2.28. The summed E-state index contributed by atoms with van der Waals surface area (Å²) in [4.78, 5) is 21.3. The van der Waals surface area contributed by atoms with E-state index in [1.165, 1.54) is 13.4 Å². The number of nitrogens with zero attached hydrogens (tertiary/aromatic N) is 3. The summed E-state index contributed by atoms with van der Waals surface area (Å²) < 4.78 is 5.04. The van der Waals surface area contributed by atoms with Crippen molar-refractivity contribution in [3.05, 3.63) is 12.4 Å². The van der Waals surface area contributed by atoms with Crippen molar-refractivity contribution in [2.75, 3.05) is 18.6 Å². The van der Waals surface area contributed by atoms with E-state index in [1.54, 1.807) is 6.07 Å². The Balaban J connectivity index is 2.31. The maximum atomic E-state index is 11.4. The van der Waals surface area contributed by atoms with E-state index in [4.69, 9.17) is 4.74 Å². The van der Waals surface area contributed by atoms with Gasteiger partial charge in [0.05, 0.1) is 7.11 Å². The lowest BCUT2D eigenvalue weighted by Crippen LogP contribution is -2.49. The first-order chi connectivity index (χ1) is 8.63. The molecule has 0 amide bonds. The lowest BCUT2D eigenvalue weighted by Gasteiger charge is -2.38. The Bertz CT molecular complexity index is 438. The molecule has 98 valence electrons. The summed E-state index contributed by atoms with van der Waals surface area (Å²) in [5.41, 5.74) is 0. The summed E-state index contributed by atoms with van der Waals surface area (Å²) in [5, 5.41) is 9.35. The molecule has 18 heavy (non-hydrogen) atoms. The van der Waals surface area contributed by atoms with Crippen LogP contribution in [0.3, 0.4) is 0 Å². The minimum atomic E-state index is -0.806. The van der Waals surface area contributed by atoms with Gasteiger partial charge in [0, 0.05) is 12.6 Å². The number of methoxy groups -OCH3 is 1. The van der Waals surface area contributed by atoms with Gasteiger partial charge in [-0.2, -0.15) is 0 Å². The van der Waals surface area contributed by atoms with E-state index in [9.17, 15) is 9.90 Å². The first kappa shape index (κ1) is 12.6. The summed E-state index contributed by atoms with van der Waals surface area (Å²) in [6, 6.07) is 1.15. The lowest BCUT2D eigenvalue weighted by molar-refractivity contribution is -0.140. The number of carboxylic acids is 1. The Hall–Kier alpha value is -1.85. The van der Waals surface area contributed by atoms with Crippen molar-refractivity contribution in [1.29, 1.82) is 0 Å². The van der Waals surface area contributed by atoms with Crippen LogP contribution in [0, 0.1) is 5.92 Å². The lowest BCUT2D eigenvalue weighted by atomic mass is 9.91. The van der Waals surface area contributed by atoms with Crippen LogP contribution in [0.25, 0.3) is 0 Å². The SMILES string of the molecule is COc1cc(N2CCCC(C)C2C(=O)O)ncn1. The number of carboxylic acid groups (broad SMARTS) is 1. The number of aromatic nitrogens is 2. The molecule has 1 aliphatic rings. The number of hydrogen-bond acceptors (Lipinski definition) is 5. The third-order valence-corrected chi connectivity index (χ3v) is 3.32. The molecule has 1 aromatic heterocycles. The van der Waals surface area contributed by atoms with Crippen LogP contribution in [-0.2, 0) is 4.79 Å². The van der Waals surface area contributed by atoms with E-state index in [1.807, 2.05) is 11.8 Å². The van der Waals surface area contributed by atoms with E-state index >= 15 is 0 Å². The first-order valence-electron chi connectivity index (χ1n) is 5.99. The van der Waals surface area contributed by atoms with E-state index in [0.717, 1.165) is 12.8 Å². The van der Waals surface area contributed by atoms with Gasteiger partial charge in [-0.05, 0) is 18.8 Å². The van der Waals surface area contributed by atoms with Crippen LogP contribution in [0.5, 0.6) is 5.88 Å². The third-order valence-electron chi connectivity index (χ3n) is 3.32. The zero-order valence-electron chi connectivity index (χ0n) is 10.5. The van der Waals surface area contributed by atoms with Crippen LogP contribution in [-0.4, -0.2) is 40.7 Å². The summed E-state index contributed by atoms with van der Waals surface area (Å²) in [6.07, 6.45) is 3.29. The molecule has 0 spiro atoms. The second kappa shape index (κ2) is 5.20. The van der Waals surface area contributed by atoms with Gasteiger partial charge < -0.3 is 14.7 Å². The van der Waals surface area contributed by atoms with Crippen LogP contribution < -0.4 is 9.64 Å². The minimum absolute atomic E-state index is 0.109. The first-order valence-corrected chi connectivity index (χ1v) is 5.99. The van der Waals surface area contributed by atoms with E-state index in [2.05, 4.69) is 9.97 Å². The highest BCUT2D eigenvalue weighted by molar-refractivity contribution is 5.78. The number of hydrogen-bond donors (Lipinski definition) is 1. The molecule has 6 heteroatoms. The molecule has 0 bridgehead atoms. The maximum Gasteiger partial charge on any atom is 0.326 e. The standard InChI is InChI=1S/C12H17N3O3/c1-8-4-3-5-15(11(8)12(16)17)9-6-10(18-2)14-7-13-9/h6-8,11H,3-5H2,1-2H3,(H,16,17). The van der Waals surface area contributed by atoms with Crippen molar-refractivity contribution in [2.45, 2.75) is 25.8 Å². The Morgan fingerprint density at radius 2 is 2.33 bits per heavy atom. The second-order valence-electron chi connectivity index (χ2n) is 4.51. The number of carbonyl (C=O) groups is 1. The molecule has 1 N–H and O–H groups in total. The van der Waals surface area contributed by atoms with Crippen LogP contribution in [0.1, 0.15) is 19.8 Å². The molecule has 2 unspecified atom stereocenters. The fourth-order valence-electron chi connectivity index (χ4n) is 2.42. The Morgan fingerprint density at radius 1 is 1.56 bits per heavy atom. The summed E-state index contributed by atoms with van der Waals surface area (Å²) >= 11 is 0. The van der Waals surface area contributed by atoms with Gasteiger partial charge >= 0.3 is 5.97 Å². The number of anilines is 1. The van der Waals surface area contributed by atoms with Crippen LogP contribution in [0.4, 0.5) is 5.82 Å². The van der Waals surface area contributed by atoms with Crippen molar-refractivity contribution >= 4 is 11.8 Å². The van der Waals surface area contributed by atoms with Gasteiger partial charge in [-0.3, -0.25) is 0 Å². The third kappa shape index (κ3) is 2.37. The van der Waals surface area contributed by atoms with E-state index in [0.29, 0.717) is 18.2 Å². The van der Waals surface area contributed by atoms with Crippen molar-refractivity contribution in [3.63, 3.8) is 0 Å². The molecule has 1 fully saturated rings. The summed E-state index contributed by atoms with van der Waals surface area (Å²) in [7, 11) is 1.53. The zero-order chi connectivity index (χ0) is 13.1. The summed E-state index contributed by atoms with van der Waals surface area (Å²) in [6.45, 7) is 2.66. The van der Waals surface area contributed by atoms with Gasteiger partial charge in [0.1, 0.15) is 18.2 Å². The van der Waals surface area contributed by atoms with Crippen molar-refractivity contribution in [3.8, 4) is 5.88 Å². The van der Waals surface area contributed by atoms with Crippen LogP contribution in [0.2, 0.25) is 0 Å². The van der Waals surface area contributed by atoms with Gasteiger partial charge in [0.25, 0.3) is 0 Å². The second-order valence-corrected chi connectivity index (χ2v) is 4.51. The van der Waals surface area contributed by atoms with Crippen molar-refractivity contribution < 1.29 is 14.6 Å². The fourth-order valence-corrected chi connectivity index (χ4v) is 2.42. The number of rotatable bonds is 3. The molecule has 1 aromatic rings. The molecule has 6 nitrogen and oxygen atoms in total. The molecule has 0 aliphatic carbocycles. The molecule has 2 rings (SSSR count). The minimum Gasteiger partial charge on any atom is -0.481 e. The predicted octanol–water partition coefficient (Wildman–Crippen LogP) is 1.17. The molecular weight excluding hydrogens is 234 g/mol. The normalized spacial score (nSPS) is 23.8. The average Bonchev–Trinajstić information content (AvgIpc) is 2.38. The Morgan fingerprint density at radius 3 is 3.00 bits per heavy atom. The van der Waals surface area contributed by atoms with Gasteiger partial charge in [-0.15, -0.1) is 0 Å². The molecule has 2 atom stereocenters. The quantitative estimate of drug-likeness (QED) is 0.869. The van der Waals surface area contributed by atoms with E-state index in [-0.39, 0.29) is 5.92 Å². The molecule has 1 aliphatic heterocycles. The molecule has 0 aromatic carbocycles. The maximum absolute atomic E-state index is 11.4. The Labute approximate surface area is 106 Å². The van der Waals surface area contributed by atoms with Gasteiger partial charge in [-0.1, -0.05) is 6.92 Å². The molecule has 0 radical (unpaired) electrons. The van der Waals surface area contributed by atoms with Crippen LogP contribution >= 0.6 is 0 Å². The van der Waals surface area contributed by atoms with Crippen molar-refractivity contribution in [1.82, 2.24) is 9.97 Å². The van der Waals surface area contributed by atoms with Gasteiger partial charge in [0.2, 0.25) is 5.88 Å². The molecular formula is C12H17N3O3. The van der Waals surface area contributed by atoms with Gasteiger partial charge in [-0.25, -0.2) is 14.8 Å². The van der Waals surface area contributed by atoms with Crippen LogP contribution in [0.15, 0.2) is 12.4 Å². The fraction of sp³-hybridized carbons (Fsp3) is 0.583. The van der Waals surface area contributed by atoms with Gasteiger partial charge in [0.15, 0.2) is 0 Å². The monoisotopic (exact) mass is 251 g/mol. The average molecular weight is 251 g/mol. The number of piperidine rings is 1. The number of aliphatic carboxylic acids is 1. The topological polar surface area (TPSA) is 75.5 Å². The van der Waals surface area contributed by atoms with E-state index < -0.39 is 12.0 Å². The zero-order valence-corrected chi connectivity index (χ0v) is 10.5. The smallest absolute Gasteiger partial charge is 0.326 e. The molecule has 1 saturated heterocycles. The largest absolute Gasteiger partial charge is 0.481 e. The highest BCUT2D eigenvalue weighted by Gasteiger charge is 2.35. The molecule has 0 saturated carbocycles.